The molecule has 2 nitrogen and oxygen atoms in total. The van der Waals surface area contributed by atoms with Crippen LogP contribution in [0.25, 0.3) is 0 Å². The summed E-state index contributed by atoms with van der Waals surface area (Å²) in [5.41, 5.74) is 6.28. The van der Waals surface area contributed by atoms with E-state index in [9.17, 15) is 0 Å². The summed E-state index contributed by atoms with van der Waals surface area (Å²) in [6, 6.07) is 0.832. The number of hydrogen-bond donors (Lipinski definition) is 1. The zero-order valence-electron chi connectivity index (χ0n) is 11.6. The van der Waals surface area contributed by atoms with Gasteiger partial charge in [0.25, 0.3) is 0 Å². The van der Waals surface area contributed by atoms with Crippen LogP contribution in [0.5, 0.6) is 0 Å². The van der Waals surface area contributed by atoms with Crippen LogP contribution < -0.4 is 5.73 Å². The van der Waals surface area contributed by atoms with Gasteiger partial charge in [-0.1, -0.05) is 27.2 Å². The van der Waals surface area contributed by atoms with Crippen LogP contribution in [0.3, 0.4) is 0 Å². The molecule has 0 spiro atoms. The lowest BCUT2D eigenvalue weighted by Gasteiger charge is -2.42. The van der Waals surface area contributed by atoms with Gasteiger partial charge in [-0.25, -0.2) is 0 Å². The first-order valence-corrected chi connectivity index (χ1v) is 7.00. The molecule has 1 saturated carbocycles. The molecular formula is C14H30N2. The highest BCUT2D eigenvalue weighted by atomic mass is 15.2. The smallest absolute Gasteiger partial charge is 0.0308 e. The van der Waals surface area contributed by atoms with E-state index in [0.717, 1.165) is 18.5 Å². The molecule has 0 saturated heterocycles. The third-order valence-electron chi connectivity index (χ3n) is 3.72. The van der Waals surface area contributed by atoms with Crippen molar-refractivity contribution in [2.75, 3.05) is 13.1 Å². The third-order valence-corrected chi connectivity index (χ3v) is 3.72. The van der Waals surface area contributed by atoms with Gasteiger partial charge in [0.1, 0.15) is 0 Å². The molecule has 2 heteroatoms. The van der Waals surface area contributed by atoms with Gasteiger partial charge in [-0.3, -0.25) is 4.90 Å². The van der Waals surface area contributed by atoms with Crippen molar-refractivity contribution < 1.29 is 0 Å². The Balaban J connectivity index is 2.63. The Bertz CT molecular complexity index is 199. The quantitative estimate of drug-likeness (QED) is 0.689. The van der Waals surface area contributed by atoms with Crippen LogP contribution in [0.1, 0.15) is 59.8 Å². The molecule has 1 fully saturated rings. The molecule has 0 heterocycles. The highest BCUT2D eigenvalue weighted by molar-refractivity contribution is 4.97. The van der Waals surface area contributed by atoms with Crippen molar-refractivity contribution in [3.05, 3.63) is 0 Å². The van der Waals surface area contributed by atoms with Gasteiger partial charge in [-0.15, -0.1) is 0 Å². The van der Waals surface area contributed by atoms with E-state index in [1.807, 2.05) is 0 Å². The molecular weight excluding hydrogens is 196 g/mol. The number of rotatable bonds is 8. The number of nitrogens with zero attached hydrogens (tertiary/aromatic N) is 1. The fourth-order valence-electron chi connectivity index (χ4n) is 2.81. The van der Waals surface area contributed by atoms with Crippen LogP contribution in [0, 0.1) is 5.92 Å². The molecule has 1 atom stereocenters. The molecule has 0 aromatic heterocycles. The normalized spacial score (nSPS) is 20.4. The fraction of sp³-hybridized carbons (Fsp3) is 1.00. The van der Waals surface area contributed by atoms with Crippen molar-refractivity contribution in [1.29, 1.82) is 0 Å². The summed E-state index contributed by atoms with van der Waals surface area (Å²) >= 11 is 0. The molecule has 1 unspecified atom stereocenters. The van der Waals surface area contributed by atoms with Crippen LogP contribution >= 0.6 is 0 Å². The second kappa shape index (κ2) is 6.02. The van der Waals surface area contributed by atoms with Gasteiger partial charge in [-0.2, -0.15) is 0 Å². The van der Waals surface area contributed by atoms with Crippen LogP contribution in [0.4, 0.5) is 0 Å². The first-order chi connectivity index (χ1) is 7.53. The lowest BCUT2D eigenvalue weighted by molar-refractivity contribution is 0.0786. The molecule has 2 N–H and O–H groups in total. The zero-order chi connectivity index (χ0) is 12.2. The van der Waals surface area contributed by atoms with Crippen LogP contribution in [0.15, 0.2) is 0 Å². The summed E-state index contributed by atoms with van der Waals surface area (Å²) in [7, 11) is 0. The monoisotopic (exact) mass is 226 g/mol. The summed E-state index contributed by atoms with van der Waals surface area (Å²) in [5, 5.41) is 0. The van der Waals surface area contributed by atoms with Gasteiger partial charge in [0.15, 0.2) is 0 Å². The first-order valence-electron chi connectivity index (χ1n) is 7.00. The average Bonchev–Trinajstić information content (AvgIpc) is 3.01. The molecule has 0 radical (unpaired) electrons. The van der Waals surface area contributed by atoms with Gasteiger partial charge >= 0.3 is 0 Å². The Morgan fingerprint density at radius 3 is 2.38 bits per heavy atom. The third kappa shape index (κ3) is 3.74. The van der Waals surface area contributed by atoms with E-state index < -0.39 is 0 Å². The average molecular weight is 226 g/mol. The molecule has 0 aliphatic heterocycles. The van der Waals surface area contributed by atoms with Gasteiger partial charge in [0.2, 0.25) is 0 Å². The van der Waals surface area contributed by atoms with Crippen molar-refractivity contribution >= 4 is 0 Å². The maximum Gasteiger partial charge on any atom is 0.0308 e. The van der Waals surface area contributed by atoms with E-state index in [-0.39, 0.29) is 5.54 Å². The van der Waals surface area contributed by atoms with Gasteiger partial charge < -0.3 is 5.73 Å². The van der Waals surface area contributed by atoms with E-state index >= 15 is 0 Å². The molecule has 16 heavy (non-hydrogen) atoms. The van der Waals surface area contributed by atoms with E-state index in [1.165, 1.54) is 38.6 Å². The zero-order valence-corrected chi connectivity index (χ0v) is 11.6. The standard InChI is InChI=1S/C14H30N2/c1-5-6-9-16(13-7-8-13)14(4,11-15)10-12(2)3/h12-13H,5-11,15H2,1-4H3. The highest BCUT2D eigenvalue weighted by Gasteiger charge is 2.40. The van der Waals surface area contributed by atoms with E-state index in [0.29, 0.717) is 0 Å². The summed E-state index contributed by atoms with van der Waals surface area (Å²) < 4.78 is 0. The predicted molar refractivity (Wildman–Crippen MR) is 71.6 cm³/mol. The summed E-state index contributed by atoms with van der Waals surface area (Å²) in [6.45, 7) is 11.3. The Morgan fingerprint density at radius 1 is 1.38 bits per heavy atom. The lowest BCUT2D eigenvalue weighted by atomic mass is 9.88. The van der Waals surface area contributed by atoms with Gasteiger partial charge in [0, 0.05) is 18.1 Å². The van der Waals surface area contributed by atoms with Crippen molar-refractivity contribution in [3.8, 4) is 0 Å². The van der Waals surface area contributed by atoms with Gasteiger partial charge in [0.05, 0.1) is 0 Å². The Hall–Kier alpha value is -0.0800. The Morgan fingerprint density at radius 2 is 2.00 bits per heavy atom. The van der Waals surface area contributed by atoms with E-state index in [2.05, 4.69) is 32.6 Å². The minimum atomic E-state index is 0.227. The molecule has 1 aliphatic rings. The lowest BCUT2D eigenvalue weighted by Crippen LogP contribution is -2.53. The molecule has 96 valence electrons. The largest absolute Gasteiger partial charge is 0.329 e. The minimum absolute atomic E-state index is 0.227. The maximum absolute atomic E-state index is 6.05. The first kappa shape index (κ1) is 14.0. The van der Waals surface area contributed by atoms with Crippen molar-refractivity contribution in [2.45, 2.75) is 71.4 Å². The summed E-state index contributed by atoms with van der Waals surface area (Å²) in [4.78, 5) is 2.70. The Kier molecular flexibility index (Phi) is 5.26. The van der Waals surface area contributed by atoms with Crippen LogP contribution in [-0.4, -0.2) is 29.6 Å². The van der Waals surface area contributed by atoms with Crippen LogP contribution in [0.2, 0.25) is 0 Å². The maximum atomic E-state index is 6.05. The minimum Gasteiger partial charge on any atom is -0.329 e. The van der Waals surface area contributed by atoms with E-state index in [4.69, 9.17) is 5.73 Å². The fourth-order valence-corrected chi connectivity index (χ4v) is 2.81. The Labute approximate surface area is 102 Å². The van der Waals surface area contributed by atoms with Crippen molar-refractivity contribution in [1.82, 2.24) is 4.90 Å². The molecule has 0 aromatic carbocycles. The molecule has 0 aromatic rings. The number of nitrogens with two attached hydrogens (primary N) is 1. The molecule has 1 rings (SSSR count). The van der Waals surface area contributed by atoms with Crippen LogP contribution in [-0.2, 0) is 0 Å². The van der Waals surface area contributed by atoms with E-state index in [1.54, 1.807) is 0 Å². The van der Waals surface area contributed by atoms with Crippen molar-refractivity contribution in [2.24, 2.45) is 11.7 Å². The second-order valence-corrected chi connectivity index (χ2v) is 6.08. The summed E-state index contributed by atoms with van der Waals surface area (Å²) in [5.74, 6) is 0.733. The van der Waals surface area contributed by atoms with Crippen molar-refractivity contribution in [3.63, 3.8) is 0 Å². The second-order valence-electron chi connectivity index (χ2n) is 6.08. The summed E-state index contributed by atoms with van der Waals surface area (Å²) in [6.07, 6.45) is 6.59. The molecule has 1 aliphatic carbocycles. The SMILES string of the molecule is CCCCN(C1CC1)C(C)(CN)CC(C)C. The highest BCUT2D eigenvalue weighted by Crippen LogP contribution is 2.35. The molecule has 0 bridgehead atoms. The van der Waals surface area contributed by atoms with Gasteiger partial charge in [-0.05, 0) is 45.1 Å². The predicted octanol–water partition coefficient (Wildman–Crippen LogP) is 3.01. The number of hydrogen-bond acceptors (Lipinski definition) is 2. The molecule has 0 amide bonds. The topological polar surface area (TPSA) is 29.3 Å². The number of unbranched alkanes of at least 4 members (excludes halogenated alkanes) is 1.